The molecular weight excluding hydrogens is 402 g/mol. The topological polar surface area (TPSA) is 118 Å². The van der Waals surface area contributed by atoms with Gasteiger partial charge < -0.3 is 11.1 Å². The average molecular weight is 413 g/mol. The van der Waals surface area contributed by atoms with Crippen LogP contribution in [0.25, 0.3) is 16.9 Å². The number of hydrogen-bond donors (Lipinski definition) is 2. The number of imidazole rings is 1. The number of nitrogens with one attached hydrogen (secondary N) is 1. The number of aromatic nitrogens is 5. The van der Waals surface area contributed by atoms with Crippen molar-refractivity contribution in [1.82, 2.24) is 24.6 Å². The fraction of sp³-hybridized carbons (Fsp3) is 0.0556. The van der Waals surface area contributed by atoms with Crippen LogP contribution < -0.4 is 11.1 Å². The summed E-state index contributed by atoms with van der Waals surface area (Å²) in [5.41, 5.74) is 7.54. The third kappa shape index (κ3) is 3.39. The van der Waals surface area contributed by atoms with Crippen LogP contribution in [0, 0.1) is 23.0 Å². The molecule has 0 aliphatic heterocycles. The molecule has 4 aromatic rings. The minimum Gasteiger partial charge on any atom is -0.382 e. The van der Waals surface area contributed by atoms with Gasteiger partial charge in [-0.15, -0.1) is 0 Å². The normalized spacial score (nSPS) is 10.8. The molecule has 0 spiro atoms. The second-order valence-corrected chi connectivity index (χ2v) is 6.33. The highest BCUT2D eigenvalue weighted by atomic mass is 35.5. The lowest BCUT2D eigenvalue weighted by Crippen LogP contribution is -2.09. The molecule has 4 rings (SSSR count). The Morgan fingerprint density at radius 2 is 2.00 bits per heavy atom. The van der Waals surface area contributed by atoms with Gasteiger partial charge in [0, 0.05) is 17.7 Å². The van der Waals surface area contributed by atoms with Gasteiger partial charge in [-0.25, -0.2) is 28.2 Å². The van der Waals surface area contributed by atoms with E-state index in [2.05, 4.69) is 25.4 Å². The zero-order valence-corrected chi connectivity index (χ0v) is 15.3. The Kier molecular flexibility index (Phi) is 4.66. The molecule has 0 aliphatic carbocycles. The van der Waals surface area contributed by atoms with Crippen LogP contribution >= 0.6 is 11.6 Å². The van der Waals surface area contributed by atoms with Gasteiger partial charge in [0.25, 0.3) is 0 Å². The molecule has 0 fully saturated rings. The summed E-state index contributed by atoms with van der Waals surface area (Å²) in [6, 6.07) is 7.10. The zero-order valence-electron chi connectivity index (χ0n) is 14.6. The van der Waals surface area contributed by atoms with Crippen molar-refractivity contribution in [2.75, 3.05) is 11.1 Å². The van der Waals surface area contributed by atoms with Crippen LogP contribution in [0.15, 0.2) is 36.8 Å². The van der Waals surface area contributed by atoms with Gasteiger partial charge in [0.05, 0.1) is 11.9 Å². The first-order valence-electron chi connectivity index (χ1n) is 8.21. The Balaban J connectivity index is 1.80. The van der Waals surface area contributed by atoms with Gasteiger partial charge in [0.15, 0.2) is 22.4 Å². The summed E-state index contributed by atoms with van der Waals surface area (Å²) in [7, 11) is 0. The number of nitrogen functional groups attached to an aromatic ring is 1. The Morgan fingerprint density at radius 1 is 1.17 bits per heavy atom. The number of hydrogen-bond acceptors (Lipinski definition) is 7. The first-order valence-corrected chi connectivity index (χ1v) is 8.58. The molecule has 0 saturated heterocycles. The third-order valence-electron chi connectivity index (χ3n) is 4.16. The van der Waals surface area contributed by atoms with Gasteiger partial charge >= 0.3 is 0 Å². The molecule has 0 atom stereocenters. The standard InChI is InChI=1S/C18H11ClF2N8/c19-14-7-24-15-4-10(6-25-18-11(5-22)17(23)26-8-27-18)16(28-29(14)15)9-1-2-12(20)13(21)3-9/h1-4,7-8H,6H2,(H3,23,25,26,27). The number of nitriles is 1. The molecule has 3 aromatic heterocycles. The molecule has 0 amide bonds. The molecule has 0 saturated carbocycles. The van der Waals surface area contributed by atoms with Crippen LogP contribution in [-0.4, -0.2) is 24.6 Å². The highest BCUT2D eigenvalue weighted by Gasteiger charge is 2.16. The summed E-state index contributed by atoms with van der Waals surface area (Å²) in [4.78, 5) is 12.0. The largest absolute Gasteiger partial charge is 0.382 e. The maximum absolute atomic E-state index is 13.8. The van der Waals surface area contributed by atoms with Crippen molar-refractivity contribution >= 4 is 28.9 Å². The Morgan fingerprint density at radius 3 is 2.76 bits per heavy atom. The van der Waals surface area contributed by atoms with Crippen LogP contribution in [0.5, 0.6) is 0 Å². The highest BCUT2D eigenvalue weighted by Crippen LogP contribution is 2.27. The predicted molar refractivity (Wildman–Crippen MR) is 102 cm³/mol. The molecule has 1 aromatic carbocycles. The first kappa shape index (κ1) is 18.5. The minimum atomic E-state index is -1.00. The number of benzene rings is 1. The lowest BCUT2D eigenvalue weighted by molar-refractivity contribution is 0.509. The minimum absolute atomic E-state index is 0.0412. The van der Waals surface area contributed by atoms with E-state index in [0.29, 0.717) is 22.5 Å². The number of rotatable bonds is 4. The molecule has 3 N–H and O–H groups in total. The fourth-order valence-electron chi connectivity index (χ4n) is 2.77. The van der Waals surface area contributed by atoms with E-state index in [1.807, 2.05) is 6.07 Å². The molecule has 11 heteroatoms. The maximum atomic E-state index is 13.8. The average Bonchev–Trinajstić information content (AvgIpc) is 3.07. The van der Waals surface area contributed by atoms with Crippen LogP contribution in [0.3, 0.4) is 0 Å². The van der Waals surface area contributed by atoms with Crippen molar-refractivity contribution < 1.29 is 8.78 Å². The predicted octanol–water partition coefficient (Wildman–Crippen LogP) is 3.18. The van der Waals surface area contributed by atoms with Gasteiger partial charge in [-0.05, 0) is 24.3 Å². The zero-order chi connectivity index (χ0) is 20.5. The number of fused-ring (bicyclic) bond motifs is 1. The van der Waals surface area contributed by atoms with E-state index in [0.717, 1.165) is 12.1 Å². The van der Waals surface area contributed by atoms with Crippen LogP contribution in [0.4, 0.5) is 20.4 Å². The highest BCUT2D eigenvalue weighted by molar-refractivity contribution is 6.29. The van der Waals surface area contributed by atoms with Crippen molar-refractivity contribution in [2.45, 2.75) is 6.54 Å². The summed E-state index contributed by atoms with van der Waals surface area (Å²) in [5.74, 6) is -1.70. The summed E-state index contributed by atoms with van der Waals surface area (Å²) in [5, 5.41) is 16.9. The number of nitrogens with two attached hydrogens (primary N) is 1. The Hall–Kier alpha value is -3.84. The monoisotopic (exact) mass is 412 g/mol. The van der Waals surface area contributed by atoms with Crippen LogP contribution in [0.1, 0.15) is 11.1 Å². The summed E-state index contributed by atoms with van der Waals surface area (Å²) < 4.78 is 28.5. The molecule has 29 heavy (non-hydrogen) atoms. The van der Waals surface area contributed by atoms with E-state index >= 15 is 0 Å². The quantitative estimate of drug-likeness (QED) is 0.528. The fourth-order valence-corrected chi connectivity index (χ4v) is 2.94. The van der Waals surface area contributed by atoms with Gasteiger partial charge in [-0.1, -0.05) is 11.6 Å². The second-order valence-electron chi connectivity index (χ2n) is 5.95. The van der Waals surface area contributed by atoms with Crippen molar-refractivity contribution in [2.24, 2.45) is 0 Å². The van der Waals surface area contributed by atoms with Crippen LogP contribution in [0.2, 0.25) is 5.15 Å². The third-order valence-corrected chi connectivity index (χ3v) is 4.42. The second kappa shape index (κ2) is 7.29. The molecular formula is C18H11ClF2N8. The van der Waals surface area contributed by atoms with E-state index in [-0.39, 0.29) is 28.9 Å². The molecule has 0 unspecified atom stereocenters. The number of halogens is 3. The first-order chi connectivity index (χ1) is 14.0. The lowest BCUT2D eigenvalue weighted by atomic mass is 10.1. The SMILES string of the molecule is N#Cc1c(N)ncnc1NCc1cc2ncc(Cl)n2nc1-c1ccc(F)c(F)c1. The van der Waals surface area contributed by atoms with Crippen molar-refractivity contribution in [1.29, 1.82) is 5.26 Å². The summed E-state index contributed by atoms with van der Waals surface area (Å²) in [6.07, 6.45) is 2.65. The van der Waals surface area contributed by atoms with Gasteiger partial charge in [0.1, 0.15) is 29.6 Å². The van der Waals surface area contributed by atoms with Crippen molar-refractivity contribution in [3.05, 3.63) is 64.7 Å². The number of nitrogens with zero attached hydrogens (tertiary/aromatic N) is 6. The van der Waals surface area contributed by atoms with E-state index < -0.39 is 11.6 Å². The van der Waals surface area contributed by atoms with Crippen LogP contribution in [-0.2, 0) is 6.54 Å². The maximum Gasteiger partial charge on any atom is 0.159 e. The number of anilines is 2. The summed E-state index contributed by atoms with van der Waals surface area (Å²) in [6.45, 7) is 0.146. The molecule has 0 radical (unpaired) electrons. The molecule has 144 valence electrons. The Bertz CT molecular complexity index is 1280. The summed E-state index contributed by atoms with van der Waals surface area (Å²) >= 11 is 6.09. The van der Waals surface area contributed by atoms with E-state index in [4.69, 9.17) is 17.3 Å². The van der Waals surface area contributed by atoms with Gasteiger partial charge in [-0.2, -0.15) is 10.4 Å². The lowest BCUT2D eigenvalue weighted by Gasteiger charge is -2.12. The Labute approximate surface area is 167 Å². The smallest absolute Gasteiger partial charge is 0.159 e. The van der Waals surface area contributed by atoms with Gasteiger partial charge in [-0.3, -0.25) is 0 Å². The van der Waals surface area contributed by atoms with Gasteiger partial charge in [0.2, 0.25) is 0 Å². The molecule has 0 aliphatic rings. The van der Waals surface area contributed by atoms with Crippen molar-refractivity contribution in [3.8, 4) is 17.3 Å². The van der Waals surface area contributed by atoms with E-state index in [1.165, 1.54) is 23.1 Å². The van der Waals surface area contributed by atoms with E-state index in [9.17, 15) is 14.0 Å². The van der Waals surface area contributed by atoms with Crippen molar-refractivity contribution in [3.63, 3.8) is 0 Å². The molecule has 8 nitrogen and oxygen atoms in total. The van der Waals surface area contributed by atoms with E-state index in [1.54, 1.807) is 6.07 Å². The molecule has 0 bridgehead atoms. The molecule has 3 heterocycles.